The molecule has 0 saturated carbocycles. The van der Waals surface area contributed by atoms with Gasteiger partial charge in [-0.3, -0.25) is 19.3 Å². The number of H-pyrrole nitrogens is 2. The van der Waals surface area contributed by atoms with Crippen molar-refractivity contribution in [2.75, 3.05) is 46.9 Å². The summed E-state index contributed by atoms with van der Waals surface area (Å²) >= 11 is 5.70. The number of ether oxygens (including phenoxy) is 1. The number of aliphatic hydroxyl groups is 1. The number of fused-ring (bicyclic) bond motifs is 2. The fraction of sp³-hybridized carbons (Fsp3) is 0.394. The fourth-order valence-electron chi connectivity index (χ4n) is 6.17. The van der Waals surface area contributed by atoms with E-state index in [2.05, 4.69) is 24.8 Å². The van der Waals surface area contributed by atoms with Gasteiger partial charge in [-0.2, -0.15) is 0 Å². The van der Waals surface area contributed by atoms with Gasteiger partial charge < -0.3 is 29.6 Å². The lowest BCUT2D eigenvalue weighted by Gasteiger charge is -2.36. The van der Waals surface area contributed by atoms with E-state index in [1.165, 1.54) is 11.1 Å². The zero-order valence-corrected chi connectivity index (χ0v) is 26.7. The van der Waals surface area contributed by atoms with Crippen molar-refractivity contribution in [1.82, 2.24) is 29.7 Å². The molecule has 2 aliphatic heterocycles. The zero-order valence-electron chi connectivity index (χ0n) is 26.0. The number of nitrogens with one attached hydrogen (secondary N) is 2. The van der Waals surface area contributed by atoms with E-state index in [9.17, 15) is 28.3 Å². The Morgan fingerprint density at radius 1 is 1.11 bits per heavy atom. The monoisotopic (exact) mass is 668 g/mol. The number of imidazole rings is 1. The number of carbonyl (C=O) groups is 2. The number of piperidine rings is 1. The van der Waals surface area contributed by atoms with E-state index < -0.39 is 35.7 Å². The smallest absolute Gasteiger partial charge is 0.261 e. The van der Waals surface area contributed by atoms with Crippen LogP contribution in [-0.4, -0.2) is 106 Å². The maximum Gasteiger partial charge on any atom is 0.261 e. The van der Waals surface area contributed by atoms with Gasteiger partial charge in [0.15, 0.2) is 17.4 Å². The number of aromatic nitrogens is 3. The van der Waals surface area contributed by atoms with Crippen LogP contribution in [0.5, 0.6) is 5.75 Å². The molecular formula is C33H35ClF2N6O5. The summed E-state index contributed by atoms with van der Waals surface area (Å²) in [6, 6.07) is 6.73. The lowest BCUT2D eigenvalue weighted by molar-refractivity contribution is 0.0499. The lowest BCUT2D eigenvalue weighted by Crippen LogP contribution is -2.48. The van der Waals surface area contributed by atoms with Crippen LogP contribution in [-0.2, 0) is 6.42 Å². The van der Waals surface area contributed by atoms with E-state index in [1.54, 1.807) is 18.2 Å². The predicted octanol–water partition coefficient (Wildman–Crippen LogP) is 3.84. The summed E-state index contributed by atoms with van der Waals surface area (Å²) in [7, 11) is 4.07. The highest BCUT2D eigenvalue weighted by atomic mass is 35.5. The largest absolute Gasteiger partial charge is 0.485 e. The van der Waals surface area contributed by atoms with Gasteiger partial charge in [-0.15, -0.1) is 0 Å². The van der Waals surface area contributed by atoms with Crippen LogP contribution in [0.2, 0.25) is 5.02 Å². The average molecular weight is 669 g/mol. The van der Waals surface area contributed by atoms with Crippen LogP contribution in [0.1, 0.15) is 45.5 Å². The van der Waals surface area contributed by atoms with E-state index in [0.717, 1.165) is 38.3 Å². The molecule has 1 fully saturated rings. The Kier molecular flexibility index (Phi) is 9.42. The lowest BCUT2D eigenvalue weighted by atomic mass is 10.0. The summed E-state index contributed by atoms with van der Waals surface area (Å²) in [5, 5.41) is 10.2. The van der Waals surface area contributed by atoms with Gasteiger partial charge in [-0.05, 0) is 75.7 Å². The van der Waals surface area contributed by atoms with Crippen molar-refractivity contribution in [3.63, 3.8) is 0 Å². The number of pyridine rings is 1. The van der Waals surface area contributed by atoms with Crippen LogP contribution >= 0.6 is 11.6 Å². The summed E-state index contributed by atoms with van der Waals surface area (Å²) in [5.74, 6) is -3.12. The van der Waals surface area contributed by atoms with Gasteiger partial charge in [0, 0.05) is 38.4 Å². The number of aromatic amines is 2. The van der Waals surface area contributed by atoms with Crippen molar-refractivity contribution in [1.29, 1.82) is 0 Å². The van der Waals surface area contributed by atoms with Gasteiger partial charge in [0.05, 0.1) is 38.9 Å². The van der Waals surface area contributed by atoms with Crippen LogP contribution in [0.25, 0.3) is 22.4 Å². The highest BCUT2D eigenvalue weighted by molar-refractivity contribution is 6.30. The number of benzene rings is 2. The molecule has 2 aromatic carbocycles. The molecule has 3 N–H and O–H groups in total. The number of rotatable bonds is 11. The van der Waals surface area contributed by atoms with E-state index in [4.69, 9.17) is 16.3 Å². The molecular weight excluding hydrogens is 634 g/mol. The number of amides is 2. The Bertz CT molecular complexity index is 1830. The van der Waals surface area contributed by atoms with Gasteiger partial charge in [0.2, 0.25) is 0 Å². The SMILES string of the molecule is CN(C)CCN1CCC(N2C(=O)c3cc4nc(-c5c(CC[C@@H](O)COc6c(F)ccc(Cl)c6F)cc[nH]c5=O)[nH]c4cc3C2=O)CC1. The highest BCUT2D eigenvalue weighted by Crippen LogP contribution is 2.33. The average Bonchev–Trinajstić information content (AvgIpc) is 3.57. The molecule has 1 saturated heterocycles. The molecule has 2 aliphatic rings. The molecule has 47 heavy (non-hydrogen) atoms. The Morgan fingerprint density at radius 2 is 1.83 bits per heavy atom. The maximum absolute atomic E-state index is 14.1. The molecule has 248 valence electrons. The Balaban J connectivity index is 1.16. The number of likely N-dealkylation sites (N-methyl/N-ethyl adjacent to an activating group) is 1. The van der Waals surface area contributed by atoms with Crippen molar-refractivity contribution in [3.05, 3.63) is 80.2 Å². The minimum Gasteiger partial charge on any atom is -0.485 e. The molecule has 0 radical (unpaired) electrons. The van der Waals surface area contributed by atoms with E-state index in [1.807, 2.05) is 14.1 Å². The van der Waals surface area contributed by atoms with E-state index in [-0.39, 0.29) is 52.7 Å². The van der Waals surface area contributed by atoms with E-state index in [0.29, 0.717) is 35.0 Å². The number of hydrogen-bond donors (Lipinski definition) is 3. The zero-order chi connectivity index (χ0) is 33.4. The second-order valence-electron chi connectivity index (χ2n) is 12.2. The predicted molar refractivity (Wildman–Crippen MR) is 172 cm³/mol. The topological polar surface area (TPSA) is 135 Å². The molecule has 0 bridgehead atoms. The number of likely N-dealkylation sites (tertiary alicyclic amines) is 1. The molecule has 14 heteroatoms. The van der Waals surface area contributed by atoms with Crippen LogP contribution < -0.4 is 10.3 Å². The Hall–Kier alpha value is -4.17. The molecule has 0 unspecified atom stereocenters. The fourth-order valence-corrected chi connectivity index (χ4v) is 6.32. The van der Waals surface area contributed by atoms with Crippen molar-refractivity contribution in [3.8, 4) is 17.1 Å². The summed E-state index contributed by atoms with van der Waals surface area (Å²) in [6.45, 7) is 3.11. The number of nitrogens with zero attached hydrogens (tertiary/aromatic N) is 4. The molecule has 4 aromatic rings. The molecule has 1 atom stereocenters. The third-order valence-electron chi connectivity index (χ3n) is 8.76. The maximum atomic E-state index is 14.1. The number of imide groups is 1. The minimum atomic E-state index is -1.12. The molecule has 0 spiro atoms. The van der Waals surface area contributed by atoms with Crippen LogP contribution in [0.4, 0.5) is 8.78 Å². The summed E-state index contributed by atoms with van der Waals surface area (Å²) in [6.07, 6.45) is 2.09. The second-order valence-corrected chi connectivity index (χ2v) is 12.6. The number of aryl methyl sites for hydroxylation is 1. The van der Waals surface area contributed by atoms with Crippen molar-refractivity contribution in [2.45, 2.75) is 37.8 Å². The number of carbonyl (C=O) groups excluding carboxylic acids is 2. The minimum absolute atomic E-state index is 0.0994. The van der Waals surface area contributed by atoms with Crippen molar-refractivity contribution in [2.24, 2.45) is 0 Å². The first-order chi connectivity index (χ1) is 22.5. The van der Waals surface area contributed by atoms with Gasteiger partial charge in [-0.1, -0.05) is 11.6 Å². The second kappa shape index (κ2) is 13.5. The first-order valence-corrected chi connectivity index (χ1v) is 15.8. The van der Waals surface area contributed by atoms with Crippen LogP contribution in [0, 0.1) is 11.6 Å². The van der Waals surface area contributed by atoms with Gasteiger partial charge in [-0.25, -0.2) is 13.8 Å². The number of hydrogen-bond acceptors (Lipinski definition) is 8. The van der Waals surface area contributed by atoms with Gasteiger partial charge >= 0.3 is 0 Å². The summed E-state index contributed by atoms with van der Waals surface area (Å²) in [4.78, 5) is 56.2. The summed E-state index contributed by atoms with van der Waals surface area (Å²) in [5.41, 5.74) is 1.85. The molecule has 6 rings (SSSR count). The standard InChI is InChI=1S/C33H35ClF2N6O5/c1-40(2)13-14-41-11-8-19(9-12-41)42-32(45)21-15-25-26(16-22(21)33(42)46)39-30(38-25)27-18(7-10-37-31(27)44)3-4-20(43)17-47-29-24(35)6-5-23(34)28(29)36/h5-7,10,15-16,19-20,43H,3-4,8-9,11-14,17H2,1-2H3,(H,37,44)(H,38,39)/t20-/m1/s1. The van der Waals surface area contributed by atoms with Gasteiger partial charge in [0.1, 0.15) is 12.4 Å². The normalized spacial score (nSPS) is 16.4. The third-order valence-corrected chi connectivity index (χ3v) is 9.05. The molecule has 11 nitrogen and oxygen atoms in total. The Morgan fingerprint density at radius 3 is 2.55 bits per heavy atom. The first kappa shape index (κ1) is 32.8. The highest BCUT2D eigenvalue weighted by Gasteiger charge is 2.41. The van der Waals surface area contributed by atoms with Crippen molar-refractivity contribution < 1.29 is 28.2 Å². The number of aliphatic hydroxyl groups excluding tert-OH is 1. The molecule has 4 heterocycles. The first-order valence-electron chi connectivity index (χ1n) is 15.5. The number of halogens is 3. The quantitative estimate of drug-likeness (QED) is 0.162. The molecule has 0 aliphatic carbocycles. The molecule has 2 aromatic heterocycles. The molecule has 2 amide bonds. The van der Waals surface area contributed by atoms with Gasteiger partial charge in [0.25, 0.3) is 17.4 Å². The van der Waals surface area contributed by atoms with Crippen LogP contribution in [0.3, 0.4) is 0 Å². The third kappa shape index (κ3) is 6.66. The van der Waals surface area contributed by atoms with E-state index >= 15 is 0 Å². The summed E-state index contributed by atoms with van der Waals surface area (Å²) < 4.78 is 33.3. The Labute approximate surface area is 274 Å². The van der Waals surface area contributed by atoms with Crippen molar-refractivity contribution >= 4 is 34.4 Å². The van der Waals surface area contributed by atoms with Crippen LogP contribution in [0.15, 0.2) is 41.3 Å².